The van der Waals surface area contributed by atoms with Crippen LogP contribution in [0.15, 0.2) is 30.3 Å². The normalized spacial score (nSPS) is 23.6. The molecule has 1 fully saturated rings. The maximum atomic E-state index is 11.9. The molecule has 20 heavy (non-hydrogen) atoms. The third kappa shape index (κ3) is 3.93. The van der Waals surface area contributed by atoms with Gasteiger partial charge in [-0.2, -0.15) is 0 Å². The third-order valence-corrected chi connectivity index (χ3v) is 4.28. The van der Waals surface area contributed by atoms with Gasteiger partial charge in [0.2, 0.25) is 0 Å². The van der Waals surface area contributed by atoms with E-state index in [-0.39, 0.29) is 6.04 Å². The third-order valence-electron chi connectivity index (χ3n) is 4.28. The fourth-order valence-corrected chi connectivity index (χ4v) is 3.29. The Morgan fingerprint density at radius 2 is 2.15 bits per heavy atom. The lowest BCUT2D eigenvalue weighted by atomic mass is 9.91. The molecule has 1 N–H and O–H groups in total. The van der Waals surface area contributed by atoms with Crippen LogP contribution in [0, 0.1) is 0 Å². The quantitative estimate of drug-likeness (QED) is 0.789. The Hall–Kier alpha value is -1.13. The zero-order valence-corrected chi connectivity index (χ0v) is 12.6. The fourth-order valence-electron chi connectivity index (χ4n) is 3.29. The molecule has 1 aromatic carbocycles. The zero-order valence-electron chi connectivity index (χ0n) is 12.6. The second-order valence-corrected chi connectivity index (χ2v) is 5.72. The van der Waals surface area contributed by atoms with E-state index in [0.717, 1.165) is 32.4 Å². The molecule has 0 aliphatic carbocycles. The largest absolute Gasteiger partial charge is 0.358 e. The van der Waals surface area contributed by atoms with Crippen molar-refractivity contribution in [1.82, 2.24) is 10.1 Å². The summed E-state index contributed by atoms with van der Waals surface area (Å²) in [6.07, 6.45) is 4.49. The van der Waals surface area contributed by atoms with E-state index < -0.39 is 0 Å². The Morgan fingerprint density at radius 3 is 2.80 bits per heavy atom. The second-order valence-electron chi connectivity index (χ2n) is 5.72. The van der Waals surface area contributed by atoms with Crippen LogP contribution in [-0.4, -0.2) is 43.8 Å². The molecule has 2 rings (SSSR count). The number of ketones is 1. The lowest BCUT2D eigenvalue weighted by molar-refractivity contribution is -0.124. The highest BCUT2D eigenvalue weighted by Crippen LogP contribution is 2.19. The lowest BCUT2D eigenvalue weighted by Gasteiger charge is -2.40. The smallest absolute Gasteiger partial charge is 0.182 e. The van der Waals surface area contributed by atoms with E-state index in [0.29, 0.717) is 11.8 Å². The topological polar surface area (TPSA) is 32.3 Å². The number of rotatable bonds is 6. The monoisotopic (exact) mass is 272 g/mol. The SMILES string of the molecule is BN[C@H]1CCCN(CCCc2ccccc2)[C@H]1C(C)=O. The highest BCUT2D eigenvalue weighted by molar-refractivity contribution is 6.05. The molecule has 1 aliphatic heterocycles. The number of benzene rings is 1. The molecule has 0 saturated carbocycles. The van der Waals surface area contributed by atoms with Gasteiger partial charge in [0.05, 0.1) is 6.04 Å². The molecule has 1 aliphatic rings. The van der Waals surface area contributed by atoms with E-state index in [2.05, 4.69) is 40.5 Å². The summed E-state index contributed by atoms with van der Waals surface area (Å²) in [5.41, 5.74) is 1.38. The summed E-state index contributed by atoms with van der Waals surface area (Å²) in [5.74, 6) is 0.295. The van der Waals surface area contributed by atoms with E-state index in [1.807, 2.05) is 7.98 Å². The Kier molecular flexibility index (Phi) is 5.80. The van der Waals surface area contributed by atoms with Gasteiger partial charge in [0, 0.05) is 6.04 Å². The zero-order chi connectivity index (χ0) is 14.4. The standard InChI is InChI=1S/C16H25BN2O/c1-13(20)16-15(18-17)10-6-12-19(16)11-5-9-14-7-3-2-4-8-14/h2-4,7-8,15-16,18H,5-6,9-12,17H2,1H3/t15-,16-/m0/s1. The van der Waals surface area contributed by atoms with Crippen LogP contribution >= 0.6 is 0 Å². The molecule has 0 spiro atoms. The molecule has 0 unspecified atom stereocenters. The molecule has 1 saturated heterocycles. The molecule has 0 radical (unpaired) electrons. The first kappa shape index (κ1) is 15.3. The number of nitrogens with one attached hydrogen (secondary N) is 1. The molecular formula is C16H25BN2O. The van der Waals surface area contributed by atoms with Crippen LogP contribution in [0.25, 0.3) is 0 Å². The maximum absolute atomic E-state index is 11.9. The van der Waals surface area contributed by atoms with E-state index >= 15 is 0 Å². The van der Waals surface area contributed by atoms with Gasteiger partial charge < -0.3 is 5.23 Å². The summed E-state index contributed by atoms with van der Waals surface area (Å²) in [6.45, 7) is 3.79. The van der Waals surface area contributed by atoms with Crippen molar-refractivity contribution in [3.8, 4) is 0 Å². The van der Waals surface area contributed by atoms with Gasteiger partial charge in [0.15, 0.2) is 7.98 Å². The van der Waals surface area contributed by atoms with Crippen LogP contribution in [0.4, 0.5) is 0 Å². The van der Waals surface area contributed by atoms with Gasteiger partial charge >= 0.3 is 0 Å². The van der Waals surface area contributed by atoms with Crippen molar-refractivity contribution in [3.05, 3.63) is 35.9 Å². The average Bonchev–Trinajstić information content (AvgIpc) is 2.47. The maximum Gasteiger partial charge on any atom is 0.182 e. The van der Waals surface area contributed by atoms with Gasteiger partial charge in [0.25, 0.3) is 0 Å². The van der Waals surface area contributed by atoms with Crippen LogP contribution in [0.3, 0.4) is 0 Å². The number of nitrogens with zero attached hydrogens (tertiary/aromatic N) is 1. The molecule has 4 heteroatoms. The van der Waals surface area contributed by atoms with Crippen LogP contribution < -0.4 is 5.23 Å². The highest BCUT2D eigenvalue weighted by atomic mass is 16.1. The van der Waals surface area contributed by atoms with Crippen molar-refractivity contribution >= 4 is 13.8 Å². The molecule has 108 valence electrons. The van der Waals surface area contributed by atoms with Gasteiger partial charge in [-0.25, -0.2) is 0 Å². The van der Waals surface area contributed by atoms with Crippen molar-refractivity contribution in [3.63, 3.8) is 0 Å². The van der Waals surface area contributed by atoms with Crippen molar-refractivity contribution in [2.75, 3.05) is 13.1 Å². The number of hydrogen-bond donors (Lipinski definition) is 1. The molecule has 0 bridgehead atoms. The molecular weight excluding hydrogens is 247 g/mol. The van der Waals surface area contributed by atoms with Crippen molar-refractivity contribution in [1.29, 1.82) is 0 Å². The minimum Gasteiger partial charge on any atom is -0.358 e. The van der Waals surface area contributed by atoms with Crippen LogP contribution in [-0.2, 0) is 11.2 Å². The van der Waals surface area contributed by atoms with Gasteiger partial charge in [-0.15, -0.1) is 0 Å². The molecule has 1 aromatic rings. The number of aryl methyl sites for hydroxylation is 1. The number of piperidine rings is 1. The van der Waals surface area contributed by atoms with E-state index in [1.54, 1.807) is 6.92 Å². The first-order valence-electron chi connectivity index (χ1n) is 7.68. The first-order valence-corrected chi connectivity index (χ1v) is 7.68. The fraction of sp³-hybridized carbons (Fsp3) is 0.562. The Balaban J connectivity index is 1.88. The van der Waals surface area contributed by atoms with Crippen molar-refractivity contribution in [2.24, 2.45) is 0 Å². The summed E-state index contributed by atoms with van der Waals surface area (Å²) in [4.78, 5) is 14.3. The first-order chi connectivity index (χ1) is 9.72. The van der Waals surface area contributed by atoms with Crippen molar-refractivity contribution < 1.29 is 4.79 Å². The van der Waals surface area contributed by atoms with Gasteiger partial charge in [-0.1, -0.05) is 30.3 Å². The molecule has 2 atom stereocenters. The van der Waals surface area contributed by atoms with E-state index in [9.17, 15) is 4.79 Å². The Labute approximate surface area is 123 Å². The Bertz CT molecular complexity index is 424. The van der Waals surface area contributed by atoms with Crippen LogP contribution in [0.1, 0.15) is 31.7 Å². The summed E-state index contributed by atoms with van der Waals surface area (Å²) in [5, 5.41) is 3.31. The number of Topliss-reactive ketones (excluding diaryl/α,β-unsaturated/α-hetero) is 1. The molecule has 0 aromatic heterocycles. The van der Waals surface area contributed by atoms with Crippen molar-refractivity contribution in [2.45, 2.75) is 44.7 Å². The van der Waals surface area contributed by atoms with Gasteiger partial charge in [-0.05, 0) is 51.3 Å². The number of carbonyl (C=O) groups excluding carboxylic acids is 1. The number of hydrogen-bond acceptors (Lipinski definition) is 3. The van der Waals surface area contributed by atoms with Gasteiger partial charge in [0.1, 0.15) is 5.78 Å². The summed E-state index contributed by atoms with van der Waals surface area (Å²) >= 11 is 0. The average molecular weight is 272 g/mol. The molecule has 1 heterocycles. The second kappa shape index (κ2) is 7.60. The predicted molar refractivity (Wildman–Crippen MR) is 85.5 cm³/mol. The van der Waals surface area contributed by atoms with Crippen LogP contribution in [0.5, 0.6) is 0 Å². The van der Waals surface area contributed by atoms with E-state index in [1.165, 1.54) is 12.0 Å². The summed E-state index contributed by atoms with van der Waals surface area (Å²) in [6, 6.07) is 11.0. The minimum absolute atomic E-state index is 0.0597. The summed E-state index contributed by atoms with van der Waals surface area (Å²) < 4.78 is 0. The highest BCUT2D eigenvalue weighted by Gasteiger charge is 2.32. The van der Waals surface area contributed by atoms with Gasteiger partial charge in [-0.3, -0.25) is 9.69 Å². The molecule has 0 amide bonds. The lowest BCUT2D eigenvalue weighted by Crippen LogP contribution is -2.56. The number of likely N-dealkylation sites (tertiary alicyclic amines) is 1. The summed E-state index contributed by atoms with van der Waals surface area (Å²) in [7, 11) is 1.97. The predicted octanol–water partition coefficient (Wildman–Crippen LogP) is 1.18. The minimum atomic E-state index is 0.0597. The number of carbonyl (C=O) groups is 1. The van der Waals surface area contributed by atoms with Crippen LogP contribution in [0.2, 0.25) is 0 Å². The Morgan fingerprint density at radius 1 is 1.40 bits per heavy atom. The van der Waals surface area contributed by atoms with E-state index in [4.69, 9.17) is 0 Å². The molecule has 3 nitrogen and oxygen atoms in total.